The minimum Gasteiger partial charge on any atom is -0.493 e. The Balaban J connectivity index is 1.38. The molecule has 2 amide bonds. The summed E-state index contributed by atoms with van der Waals surface area (Å²) in [5.41, 5.74) is 8.47. The van der Waals surface area contributed by atoms with Crippen molar-refractivity contribution in [2.75, 3.05) is 30.0 Å². The summed E-state index contributed by atoms with van der Waals surface area (Å²) in [4.78, 5) is 37.6. The number of fused-ring (bicyclic) bond motifs is 3. The summed E-state index contributed by atoms with van der Waals surface area (Å²) in [6.45, 7) is 3.05. The fourth-order valence-corrected chi connectivity index (χ4v) is 4.64. The van der Waals surface area contributed by atoms with Crippen molar-refractivity contribution in [1.29, 1.82) is 0 Å². The van der Waals surface area contributed by atoms with Gasteiger partial charge in [-0.3, -0.25) is 9.59 Å². The number of nitrogens with zero attached hydrogens (tertiary/aromatic N) is 4. The smallest absolute Gasteiger partial charge is 0.261 e. The van der Waals surface area contributed by atoms with E-state index in [0.717, 1.165) is 33.3 Å². The number of primary amides is 1. The highest BCUT2D eigenvalue weighted by Crippen LogP contribution is 2.37. The molecule has 2 N–H and O–H groups in total. The average molecular weight is 482 g/mol. The number of aromatic nitrogens is 2. The van der Waals surface area contributed by atoms with Crippen molar-refractivity contribution in [3.63, 3.8) is 0 Å². The van der Waals surface area contributed by atoms with Gasteiger partial charge < -0.3 is 20.3 Å². The Hall–Kier alpha value is -4.46. The van der Waals surface area contributed by atoms with Crippen LogP contribution in [-0.2, 0) is 17.6 Å². The lowest BCUT2D eigenvalue weighted by molar-refractivity contribution is -0.117. The van der Waals surface area contributed by atoms with Crippen LogP contribution in [0.1, 0.15) is 28.4 Å². The van der Waals surface area contributed by atoms with E-state index in [-0.39, 0.29) is 18.2 Å². The van der Waals surface area contributed by atoms with Crippen molar-refractivity contribution >= 4 is 39.9 Å². The second kappa shape index (κ2) is 9.65. The maximum Gasteiger partial charge on any atom is 0.261 e. The van der Waals surface area contributed by atoms with E-state index in [9.17, 15) is 9.59 Å². The first kappa shape index (κ1) is 23.3. The van der Waals surface area contributed by atoms with Gasteiger partial charge in [0.2, 0.25) is 5.91 Å². The minimum atomic E-state index is -0.370. The maximum absolute atomic E-state index is 13.3. The van der Waals surface area contributed by atoms with Crippen LogP contribution in [-0.4, -0.2) is 42.0 Å². The number of pyridine rings is 2. The van der Waals surface area contributed by atoms with E-state index < -0.39 is 0 Å². The Morgan fingerprint density at radius 1 is 1.03 bits per heavy atom. The maximum atomic E-state index is 13.3. The minimum absolute atomic E-state index is 0.124. The van der Waals surface area contributed by atoms with Crippen LogP contribution in [0.5, 0.6) is 5.75 Å². The molecule has 8 heteroatoms. The van der Waals surface area contributed by atoms with Gasteiger partial charge in [0.25, 0.3) is 5.91 Å². The summed E-state index contributed by atoms with van der Waals surface area (Å²) in [6, 6.07) is 17.2. The van der Waals surface area contributed by atoms with Crippen LogP contribution in [0, 0.1) is 0 Å². The Morgan fingerprint density at radius 3 is 2.61 bits per heavy atom. The lowest BCUT2D eigenvalue weighted by Crippen LogP contribution is -2.25. The topological polar surface area (TPSA) is 102 Å². The van der Waals surface area contributed by atoms with Crippen LogP contribution < -0.4 is 20.3 Å². The number of amides is 2. The van der Waals surface area contributed by atoms with E-state index in [0.29, 0.717) is 36.8 Å². The van der Waals surface area contributed by atoms with Crippen LogP contribution >= 0.6 is 0 Å². The lowest BCUT2D eigenvalue weighted by atomic mass is 10.0. The highest BCUT2D eigenvalue weighted by Gasteiger charge is 2.30. The molecular formula is C28H27N5O3. The molecule has 0 radical (unpaired) electrons. The molecule has 0 spiro atoms. The molecule has 0 fully saturated rings. The molecule has 36 heavy (non-hydrogen) atoms. The third kappa shape index (κ3) is 4.22. The van der Waals surface area contributed by atoms with Crippen molar-refractivity contribution in [1.82, 2.24) is 9.97 Å². The molecule has 3 heterocycles. The van der Waals surface area contributed by atoms with Crippen molar-refractivity contribution in [3.05, 3.63) is 83.7 Å². The van der Waals surface area contributed by atoms with E-state index in [1.807, 2.05) is 66.4 Å². The van der Waals surface area contributed by atoms with Gasteiger partial charge in [-0.25, -0.2) is 9.97 Å². The van der Waals surface area contributed by atoms with Gasteiger partial charge in [-0.15, -0.1) is 0 Å². The van der Waals surface area contributed by atoms with Crippen LogP contribution in [0.4, 0.5) is 17.3 Å². The first-order chi connectivity index (χ1) is 17.5. The Labute approximate surface area is 209 Å². The first-order valence-electron chi connectivity index (χ1n) is 11.9. The summed E-state index contributed by atoms with van der Waals surface area (Å²) < 4.78 is 6.13. The van der Waals surface area contributed by atoms with Crippen LogP contribution in [0.15, 0.2) is 67.0 Å². The summed E-state index contributed by atoms with van der Waals surface area (Å²) >= 11 is 0. The number of hydrogen-bond donors (Lipinski definition) is 1. The number of carbonyl (C=O) groups is 2. The van der Waals surface area contributed by atoms with E-state index in [2.05, 4.69) is 9.97 Å². The van der Waals surface area contributed by atoms with Crippen LogP contribution in [0.25, 0.3) is 10.8 Å². The normalized spacial score (nSPS) is 12.8. The first-order valence-corrected chi connectivity index (χ1v) is 11.9. The molecule has 0 saturated carbocycles. The summed E-state index contributed by atoms with van der Waals surface area (Å²) in [7, 11) is 1.76. The van der Waals surface area contributed by atoms with Crippen LogP contribution in [0.2, 0.25) is 0 Å². The molecule has 5 rings (SSSR count). The van der Waals surface area contributed by atoms with Gasteiger partial charge in [-0.2, -0.15) is 0 Å². The molecule has 2 aromatic carbocycles. The molecule has 2 aromatic heterocycles. The largest absolute Gasteiger partial charge is 0.493 e. The van der Waals surface area contributed by atoms with Gasteiger partial charge in [0.15, 0.2) is 5.82 Å². The third-order valence-electron chi connectivity index (χ3n) is 6.40. The molecular weight excluding hydrogens is 454 g/mol. The fourth-order valence-electron chi connectivity index (χ4n) is 4.64. The zero-order valence-corrected chi connectivity index (χ0v) is 20.3. The van der Waals surface area contributed by atoms with Crippen molar-refractivity contribution < 1.29 is 14.3 Å². The van der Waals surface area contributed by atoms with Gasteiger partial charge in [0.05, 0.1) is 24.3 Å². The van der Waals surface area contributed by atoms with Crippen molar-refractivity contribution in [3.8, 4) is 5.75 Å². The molecule has 0 bridgehead atoms. The predicted molar refractivity (Wildman–Crippen MR) is 140 cm³/mol. The molecule has 0 atom stereocenters. The summed E-state index contributed by atoms with van der Waals surface area (Å²) in [5, 5.41) is 1.87. The van der Waals surface area contributed by atoms with E-state index >= 15 is 0 Å². The number of carbonyl (C=O) groups excluding carboxylic acids is 2. The van der Waals surface area contributed by atoms with E-state index in [4.69, 9.17) is 10.5 Å². The standard InChI is InChI=1S/C28H27N5O3/c1-3-33-26-22(28(35)32(2)23-9-6-13-30-27(23)33)15-18(17-31-26)12-14-36-24-11-10-19(16-25(29)34)20-7-4-5-8-21(20)24/h4-11,13,15,17H,3,12,14,16H2,1-2H3,(H2,29,34). The van der Waals surface area contributed by atoms with Gasteiger partial charge in [-0.05, 0) is 47.7 Å². The van der Waals surface area contributed by atoms with Crippen molar-refractivity contribution in [2.24, 2.45) is 5.73 Å². The van der Waals surface area contributed by atoms with Gasteiger partial charge in [-0.1, -0.05) is 30.3 Å². The third-order valence-corrected chi connectivity index (χ3v) is 6.40. The second-order valence-electron chi connectivity index (χ2n) is 8.68. The second-order valence-corrected chi connectivity index (χ2v) is 8.68. The average Bonchev–Trinajstić information content (AvgIpc) is 2.98. The Morgan fingerprint density at radius 2 is 1.83 bits per heavy atom. The monoisotopic (exact) mass is 481 g/mol. The number of rotatable bonds is 7. The molecule has 182 valence electrons. The molecule has 1 aliphatic rings. The molecule has 0 saturated heterocycles. The van der Waals surface area contributed by atoms with Crippen LogP contribution in [0.3, 0.4) is 0 Å². The fraction of sp³-hybridized carbons (Fsp3) is 0.214. The highest BCUT2D eigenvalue weighted by molar-refractivity contribution is 6.12. The number of ether oxygens (including phenoxy) is 1. The Kier molecular flexibility index (Phi) is 6.25. The predicted octanol–water partition coefficient (Wildman–Crippen LogP) is 4.03. The van der Waals surface area contributed by atoms with E-state index in [1.54, 1.807) is 24.3 Å². The Bertz CT molecular complexity index is 1470. The summed E-state index contributed by atoms with van der Waals surface area (Å²) in [6.07, 6.45) is 4.27. The summed E-state index contributed by atoms with van der Waals surface area (Å²) in [5.74, 6) is 1.56. The van der Waals surface area contributed by atoms with Gasteiger partial charge >= 0.3 is 0 Å². The SMILES string of the molecule is CCN1c2ncc(CCOc3ccc(CC(N)=O)c4ccccc34)cc2C(=O)N(C)c2cccnc21. The number of benzene rings is 2. The molecule has 1 aliphatic heterocycles. The quantitative estimate of drug-likeness (QED) is 0.428. The molecule has 8 nitrogen and oxygen atoms in total. The van der Waals surface area contributed by atoms with Crippen molar-refractivity contribution in [2.45, 2.75) is 19.8 Å². The number of hydrogen-bond acceptors (Lipinski definition) is 6. The number of anilines is 3. The van der Waals surface area contributed by atoms with E-state index in [1.165, 1.54) is 0 Å². The van der Waals surface area contributed by atoms with Gasteiger partial charge in [0.1, 0.15) is 11.6 Å². The molecule has 0 aliphatic carbocycles. The van der Waals surface area contributed by atoms with Gasteiger partial charge in [0, 0.05) is 37.8 Å². The lowest BCUT2D eigenvalue weighted by Gasteiger charge is -2.22. The zero-order valence-electron chi connectivity index (χ0n) is 20.3. The number of nitrogens with two attached hydrogens (primary N) is 1. The molecule has 4 aromatic rings. The highest BCUT2D eigenvalue weighted by atomic mass is 16.5. The molecule has 0 unspecified atom stereocenters. The zero-order chi connectivity index (χ0) is 25.2.